The van der Waals surface area contributed by atoms with Crippen LogP contribution in [-0.2, 0) is 15.1 Å². The van der Waals surface area contributed by atoms with E-state index in [1.165, 1.54) is 43.3 Å². The van der Waals surface area contributed by atoms with Crippen LogP contribution in [0.1, 0.15) is 18.1 Å². The normalized spacial score (nSPS) is 18.0. The Morgan fingerprint density at radius 3 is 2.50 bits per heavy atom. The second-order valence-electron chi connectivity index (χ2n) is 7.12. The molecule has 3 rings (SSSR count). The molecule has 0 spiro atoms. The lowest BCUT2D eigenvalue weighted by molar-refractivity contribution is -0.384. The maximum Gasteiger partial charge on any atom is 0.387 e. The van der Waals surface area contributed by atoms with Gasteiger partial charge in [-0.1, -0.05) is 24.3 Å². The Morgan fingerprint density at radius 1 is 1.25 bits per heavy atom. The van der Waals surface area contributed by atoms with Gasteiger partial charge in [0.05, 0.1) is 4.92 Å². The van der Waals surface area contributed by atoms with Crippen LogP contribution in [-0.4, -0.2) is 40.8 Å². The van der Waals surface area contributed by atoms with Crippen LogP contribution in [0, 0.1) is 17.0 Å². The quantitative estimate of drug-likeness (QED) is 0.380. The third kappa shape index (κ3) is 4.33. The monoisotopic (exact) mass is 448 g/mol. The van der Waals surface area contributed by atoms with Crippen LogP contribution >= 0.6 is 0 Å². The van der Waals surface area contributed by atoms with E-state index in [2.05, 4.69) is 15.4 Å². The molecule has 2 N–H and O–H groups in total. The molecule has 0 aromatic heterocycles. The van der Waals surface area contributed by atoms with E-state index in [1.807, 2.05) is 0 Å². The molecule has 1 saturated heterocycles. The first-order chi connectivity index (χ1) is 15.0. The molecule has 0 saturated carbocycles. The zero-order chi connectivity index (χ0) is 23.6. The summed E-state index contributed by atoms with van der Waals surface area (Å²) in [6, 6.07) is 8.52. The van der Waals surface area contributed by atoms with Gasteiger partial charge in [0.15, 0.2) is 0 Å². The molecule has 1 fully saturated rings. The van der Waals surface area contributed by atoms with Gasteiger partial charge < -0.3 is 15.4 Å². The molecule has 12 heteroatoms. The van der Waals surface area contributed by atoms with Crippen LogP contribution in [0.4, 0.5) is 25.0 Å². The minimum atomic E-state index is -3.01. The smallest absolute Gasteiger partial charge is 0.387 e. The highest BCUT2D eigenvalue weighted by molar-refractivity contribution is 6.10. The van der Waals surface area contributed by atoms with Crippen molar-refractivity contribution in [3.05, 3.63) is 63.7 Å². The second kappa shape index (κ2) is 8.57. The molecule has 10 nitrogen and oxygen atoms in total. The number of halogens is 2. The Hall–Kier alpha value is -4.09. The average Bonchev–Trinajstić information content (AvgIpc) is 2.93. The number of nitrogens with one attached hydrogen (secondary N) is 2. The number of aryl methyl sites for hydroxylation is 1. The second-order valence-corrected chi connectivity index (χ2v) is 7.12. The molecule has 0 aliphatic carbocycles. The number of nitro groups is 1. The fourth-order valence-electron chi connectivity index (χ4n) is 3.30. The number of urea groups is 1. The van der Waals surface area contributed by atoms with E-state index in [0.29, 0.717) is 10.5 Å². The first kappa shape index (κ1) is 22.6. The number of hydrogen-bond donors (Lipinski definition) is 2. The summed E-state index contributed by atoms with van der Waals surface area (Å²) in [7, 11) is 0. The van der Waals surface area contributed by atoms with Crippen molar-refractivity contribution in [2.75, 3.05) is 11.9 Å². The number of ether oxygens (including phenoxy) is 1. The minimum absolute atomic E-state index is 0.0352. The van der Waals surface area contributed by atoms with Crippen LogP contribution in [0.25, 0.3) is 0 Å². The summed E-state index contributed by atoms with van der Waals surface area (Å²) in [5.74, 6) is -1.68. The lowest BCUT2D eigenvalue weighted by Gasteiger charge is -2.22. The topological polar surface area (TPSA) is 131 Å². The van der Waals surface area contributed by atoms with Crippen molar-refractivity contribution in [1.82, 2.24) is 10.2 Å². The van der Waals surface area contributed by atoms with Crippen molar-refractivity contribution in [3.8, 4) is 5.75 Å². The summed E-state index contributed by atoms with van der Waals surface area (Å²) in [4.78, 5) is 49.0. The molecule has 0 radical (unpaired) electrons. The molecule has 168 valence electrons. The van der Waals surface area contributed by atoms with Gasteiger partial charge in [-0.05, 0) is 37.1 Å². The number of alkyl halides is 2. The molecule has 0 unspecified atom stereocenters. The predicted octanol–water partition coefficient (Wildman–Crippen LogP) is 2.91. The third-order valence-corrected chi connectivity index (χ3v) is 4.95. The first-order valence-corrected chi connectivity index (χ1v) is 9.26. The van der Waals surface area contributed by atoms with E-state index in [0.717, 1.165) is 0 Å². The molecule has 32 heavy (non-hydrogen) atoms. The van der Waals surface area contributed by atoms with Crippen molar-refractivity contribution in [2.24, 2.45) is 0 Å². The van der Waals surface area contributed by atoms with E-state index in [1.54, 1.807) is 13.0 Å². The number of carbonyl (C=O) groups excluding carboxylic acids is 3. The lowest BCUT2D eigenvalue weighted by atomic mass is 9.92. The number of amides is 4. The molecule has 0 bridgehead atoms. The molecule has 1 atom stereocenters. The predicted molar refractivity (Wildman–Crippen MR) is 107 cm³/mol. The molecule has 2 aromatic carbocycles. The van der Waals surface area contributed by atoms with Crippen LogP contribution in [0.3, 0.4) is 0 Å². The fraction of sp³-hybridized carbons (Fsp3) is 0.250. The zero-order valence-electron chi connectivity index (χ0n) is 16.9. The lowest BCUT2D eigenvalue weighted by Crippen LogP contribution is -2.42. The van der Waals surface area contributed by atoms with E-state index in [4.69, 9.17) is 0 Å². The highest BCUT2D eigenvalue weighted by atomic mass is 19.3. The maximum absolute atomic E-state index is 12.9. The number of imide groups is 1. The Balaban J connectivity index is 1.77. The van der Waals surface area contributed by atoms with Crippen molar-refractivity contribution in [2.45, 2.75) is 26.0 Å². The van der Waals surface area contributed by atoms with E-state index < -0.39 is 41.5 Å². The number of para-hydroxylation sites is 1. The van der Waals surface area contributed by atoms with Crippen LogP contribution in [0.2, 0.25) is 0 Å². The summed E-state index contributed by atoms with van der Waals surface area (Å²) < 4.78 is 28.9. The van der Waals surface area contributed by atoms with Gasteiger partial charge in [0.2, 0.25) is 5.91 Å². The third-order valence-electron chi connectivity index (χ3n) is 4.95. The van der Waals surface area contributed by atoms with E-state index in [9.17, 15) is 33.3 Å². The summed E-state index contributed by atoms with van der Waals surface area (Å²) in [5.41, 5.74) is -1.19. The molecule has 4 amide bonds. The Labute approximate surface area is 180 Å². The highest BCUT2D eigenvalue weighted by Crippen LogP contribution is 2.31. The minimum Gasteiger partial charge on any atom is -0.435 e. The number of benzene rings is 2. The maximum atomic E-state index is 12.9. The summed E-state index contributed by atoms with van der Waals surface area (Å²) in [6.45, 7) is -0.727. The Morgan fingerprint density at radius 2 is 1.91 bits per heavy atom. The molecule has 1 aliphatic heterocycles. The van der Waals surface area contributed by atoms with Gasteiger partial charge in [0.1, 0.15) is 23.5 Å². The molecule has 2 aromatic rings. The zero-order valence-corrected chi connectivity index (χ0v) is 16.9. The number of nitro benzene ring substituents is 1. The molecule has 1 heterocycles. The number of carbonyl (C=O) groups is 3. The SMILES string of the molecule is Cc1cccc([N+](=O)[O-])c1NC(=O)CN1C(=O)N[C@@](C)(c2ccc(OC(F)F)cc2)C1=O. The fourth-order valence-corrected chi connectivity index (χ4v) is 3.30. The Kier molecular flexibility index (Phi) is 6.05. The van der Waals surface area contributed by atoms with Crippen molar-refractivity contribution in [3.63, 3.8) is 0 Å². The highest BCUT2D eigenvalue weighted by Gasteiger charge is 2.49. The van der Waals surface area contributed by atoms with Crippen LogP contribution < -0.4 is 15.4 Å². The van der Waals surface area contributed by atoms with Gasteiger partial charge in [0, 0.05) is 6.07 Å². The molecular weight excluding hydrogens is 430 g/mol. The summed E-state index contributed by atoms with van der Waals surface area (Å²) >= 11 is 0. The number of hydrogen-bond acceptors (Lipinski definition) is 6. The van der Waals surface area contributed by atoms with Gasteiger partial charge in [0.25, 0.3) is 11.6 Å². The standard InChI is InChI=1S/C20H18F2N4O6/c1-11-4-3-5-14(26(30)31)16(11)23-15(27)10-25-17(28)20(2,24-19(25)29)12-6-8-13(9-7-12)32-18(21)22/h3-9,18H,10H2,1-2H3,(H,23,27)(H,24,29)/t20-/m0/s1. The average molecular weight is 448 g/mol. The summed E-state index contributed by atoms with van der Waals surface area (Å²) in [6.07, 6.45) is 0. The van der Waals surface area contributed by atoms with Crippen LogP contribution in [0.15, 0.2) is 42.5 Å². The van der Waals surface area contributed by atoms with Gasteiger partial charge in [-0.25, -0.2) is 4.79 Å². The first-order valence-electron chi connectivity index (χ1n) is 9.26. The van der Waals surface area contributed by atoms with Gasteiger partial charge >= 0.3 is 12.6 Å². The number of nitrogens with zero attached hydrogens (tertiary/aromatic N) is 2. The molecular formula is C20H18F2N4O6. The molecule has 1 aliphatic rings. The van der Waals surface area contributed by atoms with E-state index >= 15 is 0 Å². The van der Waals surface area contributed by atoms with Crippen LogP contribution in [0.5, 0.6) is 5.75 Å². The van der Waals surface area contributed by atoms with Gasteiger partial charge in [-0.2, -0.15) is 8.78 Å². The Bertz CT molecular complexity index is 1090. The number of rotatable bonds is 7. The summed E-state index contributed by atoms with van der Waals surface area (Å²) in [5, 5.41) is 16.1. The van der Waals surface area contributed by atoms with E-state index in [-0.39, 0.29) is 22.7 Å². The van der Waals surface area contributed by atoms with Crippen molar-refractivity contribution >= 4 is 29.2 Å². The van der Waals surface area contributed by atoms with Crippen molar-refractivity contribution in [1.29, 1.82) is 0 Å². The van der Waals surface area contributed by atoms with Gasteiger partial charge in [-0.3, -0.25) is 24.6 Å². The van der Waals surface area contributed by atoms with Gasteiger partial charge in [-0.15, -0.1) is 0 Å². The number of anilines is 1. The van der Waals surface area contributed by atoms with Crippen molar-refractivity contribution < 1.29 is 32.8 Å². The largest absolute Gasteiger partial charge is 0.435 e.